The molecule has 178 valence electrons. The van der Waals surface area contributed by atoms with E-state index < -0.39 is 0 Å². The molecule has 6 heteroatoms. The van der Waals surface area contributed by atoms with E-state index in [1.807, 2.05) is 24.3 Å². The maximum absolute atomic E-state index is 6.25. The first-order valence-corrected chi connectivity index (χ1v) is 12.2. The van der Waals surface area contributed by atoms with E-state index in [1.165, 1.54) is 12.8 Å². The van der Waals surface area contributed by atoms with E-state index in [2.05, 4.69) is 30.7 Å². The summed E-state index contributed by atoms with van der Waals surface area (Å²) in [5.74, 6) is 2.03. The van der Waals surface area contributed by atoms with Crippen molar-refractivity contribution in [2.45, 2.75) is 78.4 Å². The summed E-state index contributed by atoms with van der Waals surface area (Å²) < 4.78 is 23.5. The lowest BCUT2D eigenvalue weighted by Gasteiger charge is -2.21. The van der Waals surface area contributed by atoms with Gasteiger partial charge in [0.05, 0.1) is 31.2 Å². The van der Waals surface area contributed by atoms with Crippen LogP contribution in [0.5, 0.6) is 11.5 Å². The monoisotopic (exact) mass is 444 g/mol. The fraction of sp³-hybridized carbons (Fsp3) is 0.615. The average Bonchev–Trinajstić information content (AvgIpc) is 2.83. The second-order valence-electron chi connectivity index (χ2n) is 7.82. The van der Waals surface area contributed by atoms with Gasteiger partial charge in [-0.05, 0) is 44.2 Å². The van der Waals surface area contributed by atoms with Crippen LogP contribution in [0.1, 0.15) is 72.1 Å². The Hall–Kier alpha value is -2.18. The summed E-state index contributed by atoms with van der Waals surface area (Å²) >= 11 is 0. The molecule has 0 N–H and O–H groups in total. The van der Waals surface area contributed by atoms with Crippen molar-refractivity contribution in [1.29, 1.82) is 0 Å². The number of nitrogens with zero attached hydrogens (tertiary/aromatic N) is 2. The standard InChI is InChI=1S/C26H40N2O4/c1-4-7-8-15-25(31-17-6-3)32-24-14-10-9-13-23(24)26-27-20-22(21-28-26)30-19-12-11-18-29-16-5-2/h9-10,13-14,20-21,25H,4-8,11-12,15-19H2,1-3H3. The fourth-order valence-corrected chi connectivity index (χ4v) is 3.15. The number of hydrogen-bond acceptors (Lipinski definition) is 6. The van der Waals surface area contributed by atoms with Gasteiger partial charge in [-0.1, -0.05) is 45.7 Å². The van der Waals surface area contributed by atoms with Gasteiger partial charge >= 0.3 is 0 Å². The van der Waals surface area contributed by atoms with E-state index >= 15 is 0 Å². The van der Waals surface area contributed by atoms with E-state index in [9.17, 15) is 0 Å². The van der Waals surface area contributed by atoms with Crippen LogP contribution in [0.25, 0.3) is 11.4 Å². The highest BCUT2D eigenvalue weighted by Gasteiger charge is 2.15. The molecule has 1 unspecified atom stereocenters. The molecule has 0 bridgehead atoms. The highest BCUT2D eigenvalue weighted by molar-refractivity contribution is 5.63. The molecule has 0 aliphatic heterocycles. The van der Waals surface area contributed by atoms with Gasteiger partial charge in [0.2, 0.25) is 0 Å². The Balaban J connectivity index is 1.93. The Kier molecular flexibility index (Phi) is 13.4. The minimum atomic E-state index is -0.258. The number of hydrogen-bond donors (Lipinski definition) is 0. The van der Waals surface area contributed by atoms with Crippen LogP contribution in [0.15, 0.2) is 36.7 Å². The molecule has 1 aromatic carbocycles. The molecule has 0 saturated heterocycles. The van der Waals surface area contributed by atoms with Crippen molar-refractivity contribution in [2.24, 2.45) is 0 Å². The first kappa shape index (κ1) is 26.1. The van der Waals surface area contributed by atoms with E-state index in [1.54, 1.807) is 12.4 Å². The molecule has 32 heavy (non-hydrogen) atoms. The van der Waals surface area contributed by atoms with Crippen LogP contribution in [0, 0.1) is 0 Å². The van der Waals surface area contributed by atoms with E-state index in [4.69, 9.17) is 18.9 Å². The lowest BCUT2D eigenvalue weighted by molar-refractivity contribution is -0.0850. The Morgan fingerprint density at radius 2 is 1.53 bits per heavy atom. The molecule has 0 radical (unpaired) electrons. The molecule has 2 rings (SSSR count). The third kappa shape index (κ3) is 9.96. The number of aromatic nitrogens is 2. The quantitative estimate of drug-likeness (QED) is 0.195. The first-order chi connectivity index (χ1) is 15.8. The highest BCUT2D eigenvalue weighted by Crippen LogP contribution is 2.29. The molecule has 2 aromatic rings. The molecule has 0 amide bonds. The Morgan fingerprint density at radius 1 is 0.781 bits per heavy atom. The maximum atomic E-state index is 6.25. The summed E-state index contributed by atoms with van der Waals surface area (Å²) in [6.07, 6.45) is 11.4. The summed E-state index contributed by atoms with van der Waals surface area (Å²) in [6, 6.07) is 7.86. The molecule has 0 aliphatic rings. The van der Waals surface area contributed by atoms with Crippen molar-refractivity contribution in [3.8, 4) is 22.9 Å². The van der Waals surface area contributed by atoms with Gasteiger partial charge in [-0.2, -0.15) is 0 Å². The van der Waals surface area contributed by atoms with Crippen molar-refractivity contribution < 1.29 is 18.9 Å². The van der Waals surface area contributed by atoms with Gasteiger partial charge in [0.25, 0.3) is 0 Å². The molecule has 0 aliphatic carbocycles. The van der Waals surface area contributed by atoms with Crippen LogP contribution in [-0.2, 0) is 9.47 Å². The van der Waals surface area contributed by atoms with Gasteiger partial charge < -0.3 is 18.9 Å². The molecule has 0 spiro atoms. The van der Waals surface area contributed by atoms with Crippen LogP contribution in [0.3, 0.4) is 0 Å². The zero-order chi connectivity index (χ0) is 22.9. The molecule has 1 aromatic heterocycles. The summed E-state index contributed by atoms with van der Waals surface area (Å²) in [5, 5.41) is 0. The van der Waals surface area contributed by atoms with Gasteiger partial charge in [-0.25, -0.2) is 9.97 Å². The highest BCUT2D eigenvalue weighted by atomic mass is 16.7. The van der Waals surface area contributed by atoms with E-state index in [-0.39, 0.29) is 6.29 Å². The summed E-state index contributed by atoms with van der Waals surface area (Å²) in [6.45, 7) is 9.34. The van der Waals surface area contributed by atoms with Crippen molar-refractivity contribution in [3.05, 3.63) is 36.7 Å². The number of rotatable bonds is 18. The predicted molar refractivity (Wildman–Crippen MR) is 128 cm³/mol. The summed E-state index contributed by atoms with van der Waals surface area (Å²) in [5.41, 5.74) is 0.854. The van der Waals surface area contributed by atoms with Gasteiger partial charge in [-0.15, -0.1) is 0 Å². The second kappa shape index (κ2) is 16.5. The Bertz CT molecular complexity index is 724. The van der Waals surface area contributed by atoms with Crippen molar-refractivity contribution in [1.82, 2.24) is 9.97 Å². The van der Waals surface area contributed by atoms with Gasteiger partial charge in [0, 0.05) is 19.6 Å². The molecular formula is C26H40N2O4. The smallest absolute Gasteiger partial charge is 0.199 e. The molecule has 1 heterocycles. The minimum Gasteiger partial charge on any atom is -0.490 e. The number of para-hydroxylation sites is 1. The second-order valence-corrected chi connectivity index (χ2v) is 7.82. The normalized spacial score (nSPS) is 12.0. The fourth-order valence-electron chi connectivity index (χ4n) is 3.15. The van der Waals surface area contributed by atoms with Crippen molar-refractivity contribution >= 4 is 0 Å². The lowest BCUT2D eigenvalue weighted by atomic mass is 10.1. The van der Waals surface area contributed by atoms with Crippen LogP contribution < -0.4 is 9.47 Å². The average molecular weight is 445 g/mol. The lowest BCUT2D eigenvalue weighted by Crippen LogP contribution is -2.21. The number of ether oxygens (including phenoxy) is 4. The number of benzene rings is 1. The third-order valence-electron chi connectivity index (χ3n) is 4.87. The van der Waals surface area contributed by atoms with Crippen molar-refractivity contribution in [2.75, 3.05) is 26.4 Å². The third-order valence-corrected chi connectivity index (χ3v) is 4.87. The molecule has 1 atom stereocenters. The molecule has 6 nitrogen and oxygen atoms in total. The van der Waals surface area contributed by atoms with Crippen LogP contribution in [0.2, 0.25) is 0 Å². The Morgan fingerprint density at radius 3 is 2.28 bits per heavy atom. The molecule has 0 saturated carbocycles. The van der Waals surface area contributed by atoms with Gasteiger partial charge in [-0.3, -0.25) is 0 Å². The predicted octanol–water partition coefficient (Wildman–Crippen LogP) is 6.44. The SMILES string of the molecule is CCCCCC(OCCC)Oc1ccccc1-c1ncc(OCCCCOCCC)cn1. The summed E-state index contributed by atoms with van der Waals surface area (Å²) in [4.78, 5) is 9.02. The van der Waals surface area contributed by atoms with Crippen LogP contribution >= 0.6 is 0 Å². The Labute approximate surface area is 193 Å². The van der Waals surface area contributed by atoms with Crippen LogP contribution in [0.4, 0.5) is 0 Å². The van der Waals surface area contributed by atoms with Gasteiger partial charge in [0.1, 0.15) is 5.75 Å². The largest absolute Gasteiger partial charge is 0.490 e. The van der Waals surface area contributed by atoms with Crippen LogP contribution in [-0.4, -0.2) is 42.7 Å². The molecular weight excluding hydrogens is 404 g/mol. The molecule has 0 fully saturated rings. The van der Waals surface area contributed by atoms with Crippen molar-refractivity contribution in [3.63, 3.8) is 0 Å². The first-order valence-electron chi connectivity index (χ1n) is 12.2. The number of unbranched alkanes of at least 4 members (excludes halogenated alkanes) is 3. The minimum absolute atomic E-state index is 0.258. The topological polar surface area (TPSA) is 62.7 Å². The summed E-state index contributed by atoms with van der Waals surface area (Å²) in [7, 11) is 0. The zero-order valence-electron chi connectivity index (χ0n) is 20.1. The van der Waals surface area contributed by atoms with Gasteiger partial charge in [0.15, 0.2) is 17.9 Å². The zero-order valence-corrected chi connectivity index (χ0v) is 20.1. The van der Waals surface area contributed by atoms with E-state index in [0.29, 0.717) is 24.8 Å². The maximum Gasteiger partial charge on any atom is 0.199 e. The van der Waals surface area contributed by atoms with E-state index in [0.717, 1.165) is 63.1 Å².